The average Bonchev–Trinajstić information content (AvgIpc) is 3.39. The largest absolute Gasteiger partial charge is 0.505 e. The van der Waals surface area contributed by atoms with E-state index >= 15 is 0 Å². The number of aliphatic hydroxyl groups is 2. The molecule has 14 nitrogen and oxygen atoms in total. The van der Waals surface area contributed by atoms with Gasteiger partial charge >= 0.3 is 11.8 Å². The molecule has 3 aromatic rings. The molecule has 2 aromatic carbocycles. The van der Waals surface area contributed by atoms with E-state index in [1.807, 2.05) is 0 Å². The number of phenols is 1. The van der Waals surface area contributed by atoms with Crippen LogP contribution in [0.15, 0.2) is 47.1 Å². The van der Waals surface area contributed by atoms with Crippen LogP contribution in [0.3, 0.4) is 0 Å². The van der Waals surface area contributed by atoms with Crippen LogP contribution in [0.5, 0.6) is 16.6 Å². The number of carbonyl (C=O) groups is 3. The lowest BCUT2D eigenvalue weighted by Gasteiger charge is -2.38. The molecule has 0 unspecified atom stereocenters. The normalized spacial score (nSPS) is 31.7. The van der Waals surface area contributed by atoms with Gasteiger partial charge in [0.25, 0.3) is 11.7 Å². The molecule has 54 heavy (non-hydrogen) atoms. The zero-order chi connectivity index (χ0) is 40.0. The number of ether oxygens (including phenoxy) is 4. The number of aliphatic hydroxyl groups excluding tert-OH is 2. The van der Waals surface area contributed by atoms with Gasteiger partial charge in [-0.2, -0.15) is 0 Å². The summed E-state index contributed by atoms with van der Waals surface area (Å²) in [6.45, 7) is 12.5. The SMILES string of the molecule is CO[C@H]1/C=C/O[C@@]2(C)Oc3c(C)c(=O)c4c(O)c(c5sc(O)cnc5c4c3C2=O)NC(=O)/C(C)=C\C=C\[C@H](C)[C@H](O)[C@@H](C)[C@@H](O)[C@@H](C)[C@H](OC(C)=O)[C@@H]1C. The molecule has 15 heteroatoms. The Labute approximate surface area is 315 Å². The van der Waals surface area contributed by atoms with Gasteiger partial charge in [0.15, 0.2) is 16.2 Å². The molecular formula is C39H46N2O12S. The number of Topliss-reactive ketones (excluding diaryl/α,β-unsaturated/α-hetero) is 1. The second-order valence-corrected chi connectivity index (χ2v) is 15.2. The van der Waals surface area contributed by atoms with Crippen LogP contribution in [-0.4, -0.2) is 80.4 Å². The van der Waals surface area contributed by atoms with Crippen LogP contribution < -0.4 is 15.5 Å². The first-order valence-corrected chi connectivity index (χ1v) is 18.3. The molecule has 9 atom stereocenters. The molecule has 0 fully saturated rings. The lowest BCUT2D eigenvalue weighted by atomic mass is 9.78. The molecule has 1 amide bonds. The standard InChI is InChI=1S/C39H46N2O12S/c1-16-11-10-12-17(2)38(49)41-29-33(47)26-25(28-36(29)54-24(43)15-40-28)27-35(21(6)32(26)46)53-39(8,37(27)48)51-14-13-23(50-9)18(3)34(52-22(7)42)20(5)31(45)19(4)30(16)44/h10-16,18-20,23,30-31,34,43-45,47H,1-9H3,(H,41,49)/b11-10+,14-13+,17-12-/t16-,18+,19+,20+,23-,30-,31+,34+,39-/m0/s1. The molecular weight excluding hydrogens is 720 g/mol. The zero-order valence-electron chi connectivity index (χ0n) is 31.5. The fourth-order valence-corrected chi connectivity index (χ4v) is 7.97. The van der Waals surface area contributed by atoms with Crippen LogP contribution in [0, 0.1) is 30.6 Å². The van der Waals surface area contributed by atoms with Crippen LogP contribution in [-0.2, 0) is 23.8 Å². The fourth-order valence-electron chi connectivity index (χ4n) is 7.15. The van der Waals surface area contributed by atoms with Crippen molar-refractivity contribution in [3.63, 3.8) is 0 Å². The number of phenolic OH excluding ortho intramolecular Hbond substituents is 1. The first kappa shape index (κ1) is 40.4. The number of ketones is 1. The van der Waals surface area contributed by atoms with Crippen molar-refractivity contribution in [2.24, 2.45) is 23.7 Å². The number of aromatic hydroxyl groups is 2. The molecule has 290 valence electrons. The van der Waals surface area contributed by atoms with Crippen LogP contribution >= 0.6 is 11.3 Å². The van der Waals surface area contributed by atoms with Gasteiger partial charge < -0.3 is 44.7 Å². The number of fused-ring (bicyclic) bond motifs is 1. The number of nitrogens with one attached hydrogen (secondary N) is 1. The molecule has 0 saturated carbocycles. The number of nitrogens with zero attached hydrogens (tertiary/aromatic N) is 1. The van der Waals surface area contributed by atoms with Gasteiger partial charge in [0.1, 0.15) is 17.5 Å². The van der Waals surface area contributed by atoms with Crippen LogP contribution in [0.2, 0.25) is 0 Å². The predicted molar refractivity (Wildman–Crippen MR) is 202 cm³/mol. The number of aromatic nitrogens is 1. The van der Waals surface area contributed by atoms with Crippen molar-refractivity contribution >= 4 is 55.7 Å². The molecule has 5 N–H and O–H groups in total. The highest BCUT2D eigenvalue weighted by Gasteiger charge is 2.49. The number of methoxy groups -OCH3 is 1. The number of benzene rings is 2. The van der Waals surface area contributed by atoms with E-state index in [0.29, 0.717) is 0 Å². The minimum atomic E-state index is -2.01. The monoisotopic (exact) mass is 766 g/mol. The van der Waals surface area contributed by atoms with Crippen molar-refractivity contribution < 1.29 is 53.8 Å². The summed E-state index contributed by atoms with van der Waals surface area (Å²) in [6, 6.07) is 0. The third-order valence-corrected chi connectivity index (χ3v) is 11.4. The second kappa shape index (κ2) is 15.5. The summed E-state index contributed by atoms with van der Waals surface area (Å²) in [7, 11) is 1.43. The summed E-state index contributed by atoms with van der Waals surface area (Å²) >= 11 is 0.764. The van der Waals surface area contributed by atoms with Gasteiger partial charge in [-0.3, -0.25) is 19.2 Å². The van der Waals surface area contributed by atoms with Crippen LogP contribution in [0.4, 0.5) is 5.69 Å². The van der Waals surface area contributed by atoms with Crippen molar-refractivity contribution in [1.29, 1.82) is 0 Å². The number of carbonyl (C=O) groups excluding carboxylic acids is 3. The number of hydrogen-bond acceptors (Lipinski definition) is 14. The second-order valence-electron chi connectivity index (χ2n) is 14.2. The highest BCUT2D eigenvalue weighted by atomic mass is 32.1. The number of allylic oxidation sites excluding steroid dienone is 2. The first-order chi connectivity index (χ1) is 25.3. The maximum absolute atomic E-state index is 14.3. The van der Waals surface area contributed by atoms with Crippen LogP contribution in [0.25, 0.3) is 21.0 Å². The Morgan fingerprint density at radius 1 is 1.00 bits per heavy atom. The van der Waals surface area contributed by atoms with Gasteiger partial charge in [0, 0.05) is 61.2 Å². The third kappa shape index (κ3) is 7.20. The molecule has 2 aliphatic heterocycles. The summed E-state index contributed by atoms with van der Waals surface area (Å²) in [5.74, 6) is -7.13. The highest BCUT2D eigenvalue weighted by molar-refractivity contribution is 7.20. The van der Waals surface area contributed by atoms with Crippen molar-refractivity contribution in [1.82, 2.24) is 4.98 Å². The lowest BCUT2D eigenvalue weighted by Crippen LogP contribution is -2.46. The van der Waals surface area contributed by atoms with Gasteiger partial charge in [-0.15, -0.1) is 0 Å². The molecule has 0 spiro atoms. The average molecular weight is 767 g/mol. The van der Waals surface area contributed by atoms with Crippen LogP contribution in [0.1, 0.15) is 64.4 Å². The Balaban J connectivity index is 1.72. The van der Waals surface area contributed by atoms with E-state index < -0.39 is 82.7 Å². The Morgan fingerprint density at radius 3 is 2.33 bits per heavy atom. The quantitative estimate of drug-likeness (QED) is 0.132. The molecule has 3 heterocycles. The third-order valence-electron chi connectivity index (χ3n) is 10.4. The molecule has 0 radical (unpaired) electrons. The molecule has 0 aliphatic carbocycles. The number of rotatable bonds is 2. The maximum Gasteiger partial charge on any atom is 0.312 e. The van der Waals surface area contributed by atoms with E-state index in [0.717, 1.165) is 17.5 Å². The van der Waals surface area contributed by atoms with Gasteiger partial charge in [-0.1, -0.05) is 57.3 Å². The van der Waals surface area contributed by atoms with Crippen molar-refractivity contribution in [3.05, 3.63) is 63.7 Å². The Morgan fingerprint density at radius 2 is 1.69 bits per heavy atom. The smallest absolute Gasteiger partial charge is 0.312 e. The van der Waals surface area contributed by atoms with E-state index in [4.69, 9.17) is 18.9 Å². The summed E-state index contributed by atoms with van der Waals surface area (Å²) in [6.07, 6.45) is 4.70. The van der Waals surface area contributed by atoms with Crippen molar-refractivity contribution in [2.45, 2.75) is 85.6 Å². The van der Waals surface area contributed by atoms with Crippen molar-refractivity contribution in [3.8, 4) is 16.6 Å². The molecule has 5 rings (SSSR count). The van der Waals surface area contributed by atoms with E-state index in [-0.39, 0.29) is 54.2 Å². The maximum atomic E-state index is 14.3. The zero-order valence-corrected chi connectivity index (χ0v) is 32.3. The minimum absolute atomic E-state index is 0.00559. The summed E-state index contributed by atoms with van der Waals surface area (Å²) in [5.41, 5.74) is -0.752. The predicted octanol–water partition coefficient (Wildman–Crippen LogP) is 5.02. The molecule has 0 saturated heterocycles. The lowest BCUT2D eigenvalue weighted by molar-refractivity contribution is -0.160. The highest BCUT2D eigenvalue weighted by Crippen LogP contribution is 2.49. The van der Waals surface area contributed by atoms with Gasteiger partial charge in [-0.05, 0) is 19.9 Å². The summed E-state index contributed by atoms with van der Waals surface area (Å²) in [4.78, 5) is 58.4. The van der Waals surface area contributed by atoms with E-state index in [9.17, 15) is 39.6 Å². The Bertz CT molecular complexity index is 2160. The molecule has 1 aromatic heterocycles. The number of esters is 1. The van der Waals surface area contributed by atoms with Crippen molar-refractivity contribution in [2.75, 3.05) is 12.4 Å². The summed E-state index contributed by atoms with van der Waals surface area (Å²) < 4.78 is 23.5. The Hall–Kier alpha value is -4.83. The van der Waals surface area contributed by atoms with E-state index in [1.165, 1.54) is 53.2 Å². The topological polar surface area (TPSA) is 211 Å². The van der Waals surface area contributed by atoms with Gasteiger partial charge in [0.05, 0.1) is 51.9 Å². The molecule has 2 aliphatic rings. The molecule has 4 bridgehead atoms. The number of hydrogen-bond donors (Lipinski definition) is 5. The number of anilines is 1. The Kier molecular flexibility index (Phi) is 11.6. The summed E-state index contributed by atoms with van der Waals surface area (Å²) in [5, 5.41) is 46.9. The van der Waals surface area contributed by atoms with Gasteiger partial charge in [0.2, 0.25) is 0 Å². The van der Waals surface area contributed by atoms with E-state index in [2.05, 4.69) is 10.3 Å². The first-order valence-electron chi connectivity index (χ1n) is 17.5. The fraction of sp³-hybridized carbons (Fsp3) is 0.462. The van der Waals surface area contributed by atoms with Gasteiger partial charge in [-0.25, -0.2) is 4.98 Å². The van der Waals surface area contributed by atoms with E-state index in [1.54, 1.807) is 39.8 Å². The number of amides is 1. The minimum Gasteiger partial charge on any atom is -0.505 e.